The number of nitrogen functional groups attached to an aromatic ring is 1. The maximum Gasteiger partial charge on any atom is 0.223 e. The third-order valence-electron chi connectivity index (χ3n) is 3.19. The smallest absolute Gasteiger partial charge is 0.223 e. The Morgan fingerprint density at radius 2 is 1.94 bits per heavy atom. The van der Waals surface area contributed by atoms with Gasteiger partial charge in [-0.2, -0.15) is 9.97 Å². The molecule has 1 aromatic heterocycles. The Kier molecular flexibility index (Phi) is 3.70. The Hall–Kier alpha value is -1.19. The molecule has 16 heavy (non-hydrogen) atoms. The maximum absolute atomic E-state index is 5.74. The molecule has 0 bridgehead atoms. The van der Waals surface area contributed by atoms with Crippen LogP contribution >= 0.6 is 0 Å². The number of rotatable bonds is 4. The van der Waals surface area contributed by atoms with Crippen molar-refractivity contribution >= 4 is 5.95 Å². The fourth-order valence-electron chi connectivity index (χ4n) is 2.27. The number of nitrogens with zero attached hydrogens (tertiary/aromatic N) is 3. The summed E-state index contributed by atoms with van der Waals surface area (Å²) in [6, 6.07) is 0. The number of nitrogens with two attached hydrogens (primary N) is 1. The van der Waals surface area contributed by atoms with Crippen LogP contribution in [0.2, 0.25) is 0 Å². The third-order valence-corrected chi connectivity index (χ3v) is 3.19. The van der Waals surface area contributed by atoms with Crippen LogP contribution in [0.3, 0.4) is 0 Å². The first kappa shape index (κ1) is 11.3. The summed E-state index contributed by atoms with van der Waals surface area (Å²) in [6.45, 7) is 2.17. The summed E-state index contributed by atoms with van der Waals surface area (Å²) in [5.74, 6) is 2.71. The summed E-state index contributed by atoms with van der Waals surface area (Å²) in [5, 5.41) is 0. The topological polar surface area (TPSA) is 64.7 Å². The molecule has 0 unspecified atom stereocenters. The van der Waals surface area contributed by atoms with Gasteiger partial charge < -0.3 is 5.73 Å². The second-order valence-electron chi connectivity index (χ2n) is 4.55. The van der Waals surface area contributed by atoms with E-state index < -0.39 is 0 Å². The summed E-state index contributed by atoms with van der Waals surface area (Å²) < 4.78 is 0. The van der Waals surface area contributed by atoms with Crippen LogP contribution in [0.5, 0.6) is 0 Å². The van der Waals surface area contributed by atoms with Gasteiger partial charge in [-0.15, -0.1) is 0 Å². The lowest BCUT2D eigenvalue weighted by Crippen LogP contribution is -2.09. The standard InChI is InChI=1S/C12H20N4/c1-2-3-8-10-14-11(16-12(13)15-10)9-6-4-5-7-9/h9H,2-8H2,1H3,(H2,13,14,15,16). The van der Waals surface area contributed by atoms with Gasteiger partial charge in [0.2, 0.25) is 5.95 Å². The second kappa shape index (κ2) is 5.23. The van der Waals surface area contributed by atoms with Gasteiger partial charge in [0.15, 0.2) is 0 Å². The fraction of sp³-hybridized carbons (Fsp3) is 0.750. The average Bonchev–Trinajstić information content (AvgIpc) is 2.79. The number of hydrogen-bond donors (Lipinski definition) is 1. The molecule has 4 nitrogen and oxygen atoms in total. The minimum Gasteiger partial charge on any atom is -0.368 e. The van der Waals surface area contributed by atoms with Crippen LogP contribution in [0.25, 0.3) is 0 Å². The zero-order chi connectivity index (χ0) is 11.4. The molecule has 0 spiro atoms. The van der Waals surface area contributed by atoms with Gasteiger partial charge in [0.1, 0.15) is 11.6 Å². The molecule has 1 aromatic rings. The number of anilines is 1. The van der Waals surface area contributed by atoms with Crippen LogP contribution in [-0.2, 0) is 6.42 Å². The molecule has 0 atom stereocenters. The summed E-state index contributed by atoms with van der Waals surface area (Å²) in [5.41, 5.74) is 5.74. The fourth-order valence-corrected chi connectivity index (χ4v) is 2.27. The van der Waals surface area contributed by atoms with Crippen molar-refractivity contribution in [2.45, 2.75) is 57.8 Å². The van der Waals surface area contributed by atoms with Gasteiger partial charge in [-0.1, -0.05) is 26.2 Å². The first-order valence-corrected chi connectivity index (χ1v) is 6.30. The van der Waals surface area contributed by atoms with Crippen molar-refractivity contribution in [2.24, 2.45) is 0 Å². The zero-order valence-corrected chi connectivity index (χ0v) is 9.95. The van der Waals surface area contributed by atoms with Crippen LogP contribution < -0.4 is 5.73 Å². The highest BCUT2D eigenvalue weighted by atomic mass is 15.1. The molecular weight excluding hydrogens is 200 g/mol. The van der Waals surface area contributed by atoms with Gasteiger partial charge >= 0.3 is 0 Å². The van der Waals surface area contributed by atoms with Crippen LogP contribution in [0.1, 0.15) is 63.0 Å². The van der Waals surface area contributed by atoms with E-state index in [4.69, 9.17) is 5.73 Å². The maximum atomic E-state index is 5.74. The average molecular weight is 220 g/mol. The molecule has 2 N–H and O–H groups in total. The van der Waals surface area contributed by atoms with E-state index in [-0.39, 0.29) is 0 Å². The lowest BCUT2D eigenvalue weighted by Gasteiger charge is -2.09. The van der Waals surface area contributed by atoms with E-state index in [0.717, 1.165) is 30.9 Å². The van der Waals surface area contributed by atoms with Crippen LogP contribution in [0.4, 0.5) is 5.95 Å². The highest BCUT2D eigenvalue weighted by Gasteiger charge is 2.20. The second-order valence-corrected chi connectivity index (χ2v) is 4.55. The van der Waals surface area contributed by atoms with Crippen molar-refractivity contribution in [3.63, 3.8) is 0 Å². The lowest BCUT2D eigenvalue weighted by atomic mass is 10.1. The van der Waals surface area contributed by atoms with E-state index in [1.165, 1.54) is 25.7 Å². The van der Waals surface area contributed by atoms with E-state index in [0.29, 0.717) is 11.9 Å². The summed E-state index contributed by atoms with van der Waals surface area (Å²) >= 11 is 0. The van der Waals surface area contributed by atoms with Gasteiger partial charge in [0.25, 0.3) is 0 Å². The monoisotopic (exact) mass is 220 g/mol. The Morgan fingerprint density at radius 1 is 1.19 bits per heavy atom. The molecule has 1 fully saturated rings. The number of aryl methyl sites for hydroxylation is 1. The molecule has 88 valence electrons. The molecule has 1 aliphatic rings. The largest absolute Gasteiger partial charge is 0.368 e. The molecule has 0 aromatic carbocycles. The number of unbranched alkanes of at least 4 members (excludes halogenated alkanes) is 1. The lowest BCUT2D eigenvalue weighted by molar-refractivity contribution is 0.643. The Balaban J connectivity index is 2.14. The van der Waals surface area contributed by atoms with E-state index in [1.807, 2.05) is 0 Å². The molecule has 2 rings (SSSR count). The van der Waals surface area contributed by atoms with Crippen molar-refractivity contribution in [3.8, 4) is 0 Å². The number of hydrogen-bond acceptors (Lipinski definition) is 4. The SMILES string of the molecule is CCCCc1nc(N)nc(C2CCCC2)n1. The van der Waals surface area contributed by atoms with Crippen molar-refractivity contribution in [1.82, 2.24) is 15.0 Å². The minimum absolute atomic E-state index is 0.392. The van der Waals surface area contributed by atoms with Gasteiger partial charge in [0.05, 0.1) is 0 Å². The Bertz CT molecular complexity index is 345. The molecule has 4 heteroatoms. The molecule has 1 heterocycles. The van der Waals surface area contributed by atoms with Gasteiger partial charge in [-0.3, -0.25) is 0 Å². The van der Waals surface area contributed by atoms with Gasteiger partial charge in [-0.25, -0.2) is 4.98 Å². The summed E-state index contributed by atoms with van der Waals surface area (Å²) in [7, 11) is 0. The van der Waals surface area contributed by atoms with Crippen molar-refractivity contribution in [1.29, 1.82) is 0 Å². The van der Waals surface area contributed by atoms with Crippen LogP contribution in [0.15, 0.2) is 0 Å². The Labute approximate surface area is 96.7 Å². The van der Waals surface area contributed by atoms with Gasteiger partial charge in [-0.05, 0) is 19.3 Å². The van der Waals surface area contributed by atoms with Crippen molar-refractivity contribution in [2.75, 3.05) is 5.73 Å². The van der Waals surface area contributed by atoms with Crippen molar-refractivity contribution in [3.05, 3.63) is 11.6 Å². The Morgan fingerprint density at radius 3 is 2.62 bits per heavy atom. The van der Waals surface area contributed by atoms with Crippen LogP contribution in [0, 0.1) is 0 Å². The summed E-state index contributed by atoms with van der Waals surface area (Å²) in [4.78, 5) is 13.0. The predicted octanol–water partition coefficient (Wildman–Crippen LogP) is 2.45. The molecule has 0 aliphatic heterocycles. The van der Waals surface area contributed by atoms with E-state index >= 15 is 0 Å². The molecule has 0 amide bonds. The van der Waals surface area contributed by atoms with Crippen molar-refractivity contribution < 1.29 is 0 Å². The minimum atomic E-state index is 0.392. The predicted molar refractivity (Wildman–Crippen MR) is 64.1 cm³/mol. The molecule has 0 radical (unpaired) electrons. The van der Waals surface area contributed by atoms with Crippen LogP contribution in [-0.4, -0.2) is 15.0 Å². The third kappa shape index (κ3) is 2.68. The quantitative estimate of drug-likeness (QED) is 0.846. The molecule has 1 saturated carbocycles. The van der Waals surface area contributed by atoms with E-state index in [9.17, 15) is 0 Å². The van der Waals surface area contributed by atoms with Gasteiger partial charge in [0, 0.05) is 12.3 Å². The summed E-state index contributed by atoms with van der Waals surface area (Å²) in [6.07, 6.45) is 8.19. The number of aromatic nitrogens is 3. The first-order chi connectivity index (χ1) is 7.79. The highest BCUT2D eigenvalue weighted by Crippen LogP contribution is 2.32. The molecule has 1 aliphatic carbocycles. The first-order valence-electron chi connectivity index (χ1n) is 6.30. The zero-order valence-electron chi connectivity index (χ0n) is 9.95. The van der Waals surface area contributed by atoms with E-state index in [1.54, 1.807) is 0 Å². The molecule has 0 saturated heterocycles. The molecular formula is C12H20N4. The highest BCUT2D eigenvalue weighted by molar-refractivity contribution is 5.18. The normalized spacial score (nSPS) is 16.8. The van der Waals surface area contributed by atoms with E-state index in [2.05, 4.69) is 21.9 Å².